The van der Waals surface area contributed by atoms with E-state index in [-0.39, 0.29) is 5.78 Å². The molecule has 0 unspecified atom stereocenters. The molecule has 3 heteroatoms. The van der Waals surface area contributed by atoms with E-state index in [9.17, 15) is 4.79 Å². The van der Waals surface area contributed by atoms with Crippen molar-refractivity contribution >= 4 is 27.4 Å². The van der Waals surface area contributed by atoms with Crippen LogP contribution in [0.5, 0.6) is 0 Å². The van der Waals surface area contributed by atoms with Crippen LogP contribution in [0.25, 0.3) is 0 Å². The van der Waals surface area contributed by atoms with Crippen molar-refractivity contribution in [3.8, 4) is 0 Å². The lowest BCUT2D eigenvalue weighted by Crippen LogP contribution is -1.96. The molecule has 0 atom stereocenters. The average Bonchev–Trinajstić information content (AvgIpc) is 2.08. The predicted molar refractivity (Wildman–Crippen MR) is 53.1 cm³/mol. The minimum absolute atomic E-state index is 0.130. The highest BCUT2D eigenvalue weighted by Crippen LogP contribution is 2.19. The van der Waals surface area contributed by atoms with Gasteiger partial charge in [0.25, 0.3) is 0 Å². The van der Waals surface area contributed by atoms with E-state index < -0.39 is 0 Å². The molecule has 2 N–H and O–H groups in total. The summed E-state index contributed by atoms with van der Waals surface area (Å²) in [5.74, 6) is -0.130. The van der Waals surface area contributed by atoms with Crippen LogP contribution in [0.15, 0.2) is 35.3 Å². The second kappa shape index (κ2) is 3.54. The molecule has 0 aromatic heterocycles. The quantitative estimate of drug-likeness (QED) is 0.478. The molecule has 0 saturated carbocycles. The number of nitrogen functional groups attached to an aromatic ring is 1. The maximum Gasteiger partial charge on any atom is 0.186 e. The van der Waals surface area contributed by atoms with Crippen LogP contribution in [0.4, 0.5) is 5.69 Å². The first kappa shape index (κ1) is 9.00. The van der Waals surface area contributed by atoms with Gasteiger partial charge in [-0.2, -0.15) is 0 Å². The van der Waals surface area contributed by atoms with Gasteiger partial charge in [0, 0.05) is 15.7 Å². The fourth-order valence-corrected chi connectivity index (χ4v) is 1.28. The first-order valence-electron chi connectivity index (χ1n) is 3.37. The maximum absolute atomic E-state index is 11.2. The second-order valence-corrected chi connectivity index (χ2v) is 3.16. The Bertz CT molecular complexity index is 333. The largest absolute Gasteiger partial charge is 0.399 e. The van der Waals surface area contributed by atoms with Gasteiger partial charge >= 0.3 is 0 Å². The number of halogens is 1. The minimum Gasteiger partial charge on any atom is -0.399 e. The molecule has 12 heavy (non-hydrogen) atoms. The van der Waals surface area contributed by atoms with Crippen molar-refractivity contribution in [2.75, 3.05) is 5.73 Å². The minimum atomic E-state index is -0.130. The van der Waals surface area contributed by atoms with E-state index in [0.29, 0.717) is 11.3 Å². The monoisotopic (exact) mass is 225 g/mol. The van der Waals surface area contributed by atoms with Gasteiger partial charge in [-0.05, 0) is 24.3 Å². The standard InChI is InChI=1S/C9H8BrNO/c1-2-9(12)7-5-6(11)3-4-8(7)10/h2-5H,1,11H2. The summed E-state index contributed by atoms with van der Waals surface area (Å²) < 4.78 is 0.738. The topological polar surface area (TPSA) is 43.1 Å². The third kappa shape index (κ3) is 1.74. The Balaban J connectivity index is 3.22. The lowest BCUT2D eigenvalue weighted by molar-refractivity contribution is 0.104. The summed E-state index contributed by atoms with van der Waals surface area (Å²) in [5.41, 5.74) is 6.63. The highest BCUT2D eigenvalue weighted by molar-refractivity contribution is 9.10. The normalized spacial score (nSPS) is 9.42. The molecular formula is C9H8BrNO. The number of hydrogen-bond acceptors (Lipinski definition) is 2. The van der Waals surface area contributed by atoms with Gasteiger partial charge in [-0.3, -0.25) is 4.79 Å². The first-order valence-corrected chi connectivity index (χ1v) is 4.16. The summed E-state index contributed by atoms with van der Waals surface area (Å²) >= 11 is 3.25. The summed E-state index contributed by atoms with van der Waals surface area (Å²) in [6.07, 6.45) is 1.26. The first-order chi connectivity index (χ1) is 5.65. The third-order valence-corrected chi connectivity index (χ3v) is 2.13. The summed E-state index contributed by atoms with van der Waals surface area (Å²) in [4.78, 5) is 11.2. The van der Waals surface area contributed by atoms with Crippen molar-refractivity contribution in [2.45, 2.75) is 0 Å². The molecule has 62 valence electrons. The highest BCUT2D eigenvalue weighted by atomic mass is 79.9. The molecule has 0 bridgehead atoms. The number of hydrogen-bond donors (Lipinski definition) is 1. The van der Waals surface area contributed by atoms with Gasteiger partial charge in [-0.15, -0.1) is 0 Å². The molecule has 1 aromatic carbocycles. The summed E-state index contributed by atoms with van der Waals surface area (Å²) in [6.45, 7) is 3.40. The SMILES string of the molecule is C=CC(=O)c1cc(N)ccc1Br. The van der Waals surface area contributed by atoms with E-state index >= 15 is 0 Å². The number of nitrogens with two attached hydrogens (primary N) is 1. The van der Waals surface area contributed by atoms with Crippen LogP contribution in [0.2, 0.25) is 0 Å². The van der Waals surface area contributed by atoms with Crippen LogP contribution in [0.3, 0.4) is 0 Å². The Labute approximate surface area is 79.2 Å². The number of benzene rings is 1. The van der Waals surface area contributed by atoms with Crippen LogP contribution >= 0.6 is 15.9 Å². The van der Waals surface area contributed by atoms with Crippen LogP contribution in [0.1, 0.15) is 10.4 Å². The Hall–Kier alpha value is -1.09. The van der Waals surface area contributed by atoms with Gasteiger partial charge in [-0.25, -0.2) is 0 Å². The molecule has 0 aliphatic heterocycles. The van der Waals surface area contributed by atoms with Crippen LogP contribution < -0.4 is 5.73 Å². The van der Waals surface area contributed by atoms with E-state index in [4.69, 9.17) is 5.73 Å². The van der Waals surface area contributed by atoms with Crippen LogP contribution in [-0.2, 0) is 0 Å². The molecule has 1 rings (SSSR count). The Morgan fingerprint density at radius 2 is 2.25 bits per heavy atom. The van der Waals surface area contributed by atoms with Gasteiger partial charge in [0.05, 0.1) is 0 Å². The fourth-order valence-electron chi connectivity index (χ4n) is 0.842. The number of anilines is 1. The van der Waals surface area contributed by atoms with Crippen LogP contribution in [-0.4, -0.2) is 5.78 Å². The summed E-state index contributed by atoms with van der Waals surface area (Å²) in [6, 6.07) is 5.09. The lowest BCUT2D eigenvalue weighted by atomic mass is 10.1. The van der Waals surface area contributed by atoms with Gasteiger partial charge in [0.1, 0.15) is 0 Å². The zero-order valence-corrected chi connectivity index (χ0v) is 7.97. The molecule has 0 saturated heterocycles. The molecule has 0 aliphatic carbocycles. The van der Waals surface area contributed by atoms with Crippen molar-refractivity contribution in [2.24, 2.45) is 0 Å². The van der Waals surface area contributed by atoms with Gasteiger partial charge < -0.3 is 5.73 Å². The number of allylic oxidation sites excluding steroid dienone is 1. The zero-order chi connectivity index (χ0) is 9.14. The Morgan fingerprint density at radius 3 is 2.83 bits per heavy atom. The number of rotatable bonds is 2. The maximum atomic E-state index is 11.2. The lowest BCUT2D eigenvalue weighted by Gasteiger charge is -2.00. The van der Waals surface area contributed by atoms with Crippen molar-refractivity contribution in [3.05, 3.63) is 40.9 Å². The van der Waals surface area contributed by atoms with E-state index in [1.807, 2.05) is 0 Å². The van der Waals surface area contributed by atoms with E-state index in [2.05, 4.69) is 22.5 Å². The second-order valence-electron chi connectivity index (χ2n) is 2.31. The molecule has 0 spiro atoms. The van der Waals surface area contributed by atoms with E-state index in [1.165, 1.54) is 6.08 Å². The van der Waals surface area contributed by atoms with E-state index in [1.54, 1.807) is 18.2 Å². The molecule has 0 amide bonds. The molecule has 0 heterocycles. The molecule has 0 radical (unpaired) electrons. The molecule has 0 fully saturated rings. The number of carbonyl (C=O) groups is 1. The predicted octanol–water partition coefficient (Wildman–Crippen LogP) is 2.40. The summed E-state index contributed by atoms with van der Waals surface area (Å²) in [5, 5.41) is 0. The van der Waals surface area contributed by atoms with E-state index in [0.717, 1.165) is 4.47 Å². The van der Waals surface area contributed by atoms with Crippen LogP contribution in [0, 0.1) is 0 Å². The number of carbonyl (C=O) groups excluding carboxylic acids is 1. The Kier molecular flexibility index (Phi) is 2.65. The van der Waals surface area contributed by atoms with Crippen molar-refractivity contribution in [1.29, 1.82) is 0 Å². The zero-order valence-electron chi connectivity index (χ0n) is 6.38. The molecular weight excluding hydrogens is 218 g/mol. The average molecular weight is 226 g/mol. The van der Waals surface area contributed by atoms with Gasteiger partial charge in [-0.1, -0.05) is 22.5 Å². The van der Waals surface area contributed by atoms with Crippen molar-refractivity contribution in [3.63, 3.8) is 0 Å². The van der Waals surface area contributed by atoms with Crippen molar-refractivity contribution in [1.82, 2.24) is 0 Å². The smallest absolute Gasteiger partial charge is 0.186 e. The third-order valence-electron chi connectivity index (χ3n) is 1.44. The summed E-state index contributed by atoms with van der Waals surface area (Å²) in [7, 11) is 0. The van der Waals surface area contributed by atoms with Gasteiger partial charge in [0.15, 0.2) is 5.78 Å². The van der Waals surface area contributed by atoms with Crippen molar-refractivity contribution < 1.29 is 4.79 Å². The Morgan fingerprint density at radius 1 is 1.58 bits per heavy atom. The number of ketones is 1. The van der Waals surface area contributed by atoms with Gasteiger partial charge in [0.2, 0.25) is 0 Å². The molecule has 0 aliphatic rings. The molecule has 2 nitrogen and oxygen atoms in total. The molecule has 1 aromatic rings. The highest BCUT2D eigenvalue weighted by Gasteiger charge is 2.05. The fraction of sp³-hybridized carbons (Fsp3) is 0.